The Kier molecular flexibility index (Phi) is 3.79. The van der Waals surface area contributed by atoms with E-state index in [0.717, 1.165) is 11.1 Å². The van der Waals surface area contributed by atoms with Gasteiger partial charge in [0.05, 0.1) is 0 Å². The quantitative estimate of drug-likeness (QED) is 0.751. The molecule has 4 heteroatoms. The van der Waals surface area contributed by atoms with Gasteiger partial charge in [0.2, 0.25) is 0 Å². The van der Waals surface area contributed by atoms with Gasteiger partial charge in [0, 0.05) is 12.0 Å². The van der Waals surface area contributed by atoms with Crippen LogP contribution in [-0.2, 0) is 4.79 Å². The van der Waals surface area contributed by atoms with Gasteiger partial charge in [0.15, 0.2) is 5.78 Å². The normalized spacial score (nSPS) is 12.2. The van der Waals surface area contributed by atoms with E-state index in [1.54, 1.807) is 6.07 Å². The molecular weight excluding hydrogens is 206 g/mol. The Balaban J connectivity index is 2.88. The zero-order chi connectivity index (χ0) is 12.3. The van der Waals surface area contributed by atoms with Gasteiger partial charge in [-0.1, -0.05) is 17.7 Å². The van der Waals surface area contributed by atoms with Gasteiger partial charge >= 0.3 is 5.97 Å². The Morgan fingerprint density at radius 3 is 2.56 bits per heavy atom. The lowest BCUT2D eigenvalue weighted by atomic mass is 9.98. The molecule has 0 saturated carbocycles. The van der Waals surface area contributed by atoms with Gasteiger partial charge in [-0.3, -0.25) is 9.59 Å². The molecule has 0 aromatic heterocycles. The molecule has 0 heterocycles. The lowest BCUT2D eigenvalue weighted by Crippen LogP contribution is -2.32. The molecule has 0 aliphatic heterocycles. The maximum Gasteiger partial charge on any atom is 0.320 e. The van der Waals surface area contributed by atoms with Crippen LogP contribution < -0.4 is 5.73 Å². The number of nitrogens with two attached hydrogens (primary N) is 1. The average molecular weight is 221 g/mol. The SMILES string of the molecule is Cc1ccc(C)c(C(=O)C[C@H](N)C(=O)O)c1. The van der Waals surface area contributed by atoms with Gasteiger partial charge in [-0.05, 0) is 25.5 Å². The molecule has 0 fully saturated rings. The van der Waals surface area contributed by atoms with Crippen LogP contribution in [0.2, 0.25) is 0 Å². The van der Waals surface area contributed by atoms with Gasteiger partial charge < -0.3 is 10.8 Å². The third-order valence-electron chi connectivity index (χ3n) is 2.42. The molecule has 1 aromatic carbocycles. The second kappa shape index (κ2) is 4.90. The Hall–Kier alpha value is -1.68. The number of hydrogen-bond donors (Lipinski definition) is 2. The molecule has 0 amide bonds. The number of carboxylic acid groups (broad SMARTS) is 1. The molecule has 0 aliphatic carbocycles. The van der Waals surface area contributed by atoms with Crippen LogP contribution in [0.25, 0.3) is 0 Å². The fourth-order valence-electron chi connectivity index (χ4n) is 1.43. The summed E-state index contributed by atoms with van der Waals surface area (Å²) in [6, 6.07) is 4.37. The Labute approximate surface area is 94.1 Å². The molecule has 0 aliphatic rings. The minimum Gasteiger partial charge on any atom is -0.480 e. The summed E-state index contributed by atoms with van der Waals surface area (Å²) in [6.07, 6.45) is -0.167. The highest BCUT2D eigenvalue weighted by molar-refractivity contribution is 5.99. The van der Waals surface area contributed by atoms with Gasteiger partial charge in [-0.15, -0.1) is 0 Å². The number of carboxylic acids is 1. The predicted molar refractivity (Wildman–Crippen MR) is 60.5 cm³/mol. The first kappa shape index (κ1) is 12.4. The van der Waals surface area contributed by atoms with E-state index in [1.807, 2.05) is 26.0 Å². The molecule has 0 saturated heterocycles. The van der Waals surface area contributed by atoms with Crippen molar-refractivity contribution in [2.45, 2.75) is 26.3 Å². The zero-order valence-corrected chi connectivity index (χ0v) is 9.36. The third-order valence-corrected chi connectivity index (χ3v) is 2.42. The van der Waals surface area contributed by atoms with Crippen LogP contribution in [0.4, 0.5) is 0 Å². The number of hydrogen-bond acceptors (Lipinski definition) is 3. The second-order valence-corrected chi connectivity index (χ2v) is 3.89. The van der Waals surface area contributed by atoms with Crippen molar-refractivity contribution in [2.75, 3.05) is 0 Å². The van der Waals surface area contributed by atoms with Crippen molar-refractivity contribution in [1.29, 1.82) is 0 Å². The standard InChI is InChI=1S/C12H15NO3/c1-7-3-4-8(2)9(5-7)11(14)6-10(13)12(15)16/h3-5,10H,6,13H2,1-2H3,(H,15,16)/t10-/m0/s1. The summed E-state index contributed by atoms with van der Waals surface area (Å²) < 4.78 is 0. The molecule has 0 radical (unpaired) electrons. The van der Waals surface area contributed by atoms with E-state index in [0.29, 0.717) is 5.56 Å². The number of rotatable bonds is 4. The fraction of sp³-hybridized carbons (Fsp3) is 0.333. The monoisotopic (exact) mass is 221 g/mol. The molecule has 1 rings (SSSR count). The van der Waals surface area contributed by atoms with Crippen molar-refractivity contribution in [2.24, 2.45) is 5.73 Å². The van der Waals surface area contributed by atoms with Gasteiger partial charge in [0.1, 0.15) is 6.04 Å². The largest absolute Gasteiger partial charge is 0.480 e. The van der Waals surface area contributed by atoms with E-state index in [2.05, 4.69) is 0 Å². The first-order valence-electron chi connectivity index (χ1n) is 5.00. The summed E-state index contributed by atoms with van der Waals surface area (Å²) in [6.45, 7) is 3.70. The fourth-order valence-corrected chi connectivity index (χ4v) is 1.43. The van der Waals surface area contributed by atoms with E-state index in [9.17, 15) is 9.59 Å². The molecule has 0 unspecified atom stereocenters. The summed E-state index contributed by atoms with van der Waals surface area (Å²) in [7, 11) is 0. The molecule has 86 valence electrons. The molecule has 0 bridgehead atoms. The molecule has 3 N–H and O–H groups in total. The highest BCUT2D eigenvalue weighted by Crippen LogP contribution is 2.13. The van der Waals surface area contributed by atoms with Crippen LogP contribution in [0.15, 0.2) is 18.2 Å². The predicted octanol–water partition coefficient (Wildman–Crippen LogP) is 1.29. The van der Waals surface area contributed by atoms with Gasteiger partial charge in [-0.25, -0.2) is 0 Å². The van der Waals surface area contributed by atoms with E-state index in [-0.39, 0.29) is 12.2 Å². The zero-order valence-electron chi connectivity index (χ0n) is 9.36. The number of aryl methyl sites for hydroxylation is 2. The summed E-state index contributed by atoms with van der Waals surface area (Å²) >= 11 is 0. The van der Waals surface area contributed by atoms with E-state index < -0.39 is 12.0 Å². The molecular formula is C12H15NO3. The average Bonchev–Trinajstić information content (AvgIpc) is 2.21. The molecule has 0 spiro atoms. The number of Topliss-reactive ketones (excluding diaryl/α,β-unsaturated/α-hetero) is 1. The third kappa shape index (κ3) is 2.90. The van der Waals surface area contributed by atoms with Crippen LogP contribution in [0.1, 0.15) is 27.9 Å². The minimum atomic E-state index is -1.15. The van der Waals surface area contributed by atoms with Crippen molar-refractivity contribution >= 4 is 11.8 Å². The van der Waals surface area contributed by atoms with E-state index in [4.69, 9.17) is 10.8 Å². The topological polar surface area (TPSA) is 80.4 Å². The summed E-state index contributed by atoms with van der Waals surface area (Å²) in [4.78, 5) is 22.3. The summed E-state index contributed by atoms with van der Waals surface area (Å²) in [5.41, 5.74) is 7.69. The molecule has 1 atom stereocenters. The summed E-state index contributed by atoms with van der Waals surface area (Å²) in [5, 5.41) is 8.62. The lowest BCUT2D eigenvalue weighted by Gasteiger charge is -2.08. The molecule has 16 heavy (non-hydrogen) atoms. The minimum absolute atomic E-state index is 0.167. The number of carbonyl (C=O) groups is 2. The molecule has 1 aromatic rings. The number of carbonyl (C=O) groups excluding carboxylic acids is 1. The maximum atomic E-state index is 11.8. The first-order valence-corrected chi connectivity index (χ1v) is 5.00. The number of benzene rings is 1. The van der Waals surface area contributed by atoms with Crippen LogP contribution >= 0.6 is 0 Å². The highest BCUT2D eigenvalue weighted by Gasteiger charge is 2.18. The van der Waals surface area contributed by atoms with Crippen LogP contribution in [0.5, 0.6) is 0 Å². The molecule has 4 nitrogen and oxygen atoms in total. The van der Waals surface area contributed by atoms with Gasteiger partial charge in [-0.2, -0.15) is 0 Å². The maximum absolute atomic E-state index is 11.8. The number of aliphatic carboxylic acids is 1. The summed E-state index contributed by atoms with van der Waals surface area (Å²) in [5.74, 6) is -1.38. The van der Waals surface area contributed by atoms with Crippen molar-refractivity contribution in [3.05, 3.63) is 34.9 Å². The van der Waals surface area contributed by atoms with Crippen molar-refractivity contribution in [3.8, 4) is 0 Å². The van der Waals surface area contributed by atoms with Gasteiger partial charge in [0.25, 0.3) is 0 Å². The Bertz CT molecular complexity index is 426. The lowest BCUT2D eigenvalue weighted by molar-refractivity contribution is -0.138. The van der Waals surface area contributed by atoms with Crippen LogP contribution in [0, 0.1) is 13.8 Å². The van der Waals surface area contributed by atoms with Crippen molar-refractivity contribution in [3.63, 3.8) is 0 Å². The van der Waals surface area contributed by atoms with Crippen molar-refractivity contribution < 1.29 is 14.7 Å². The Morgan fingerprint density at radius 2 is 2.00 bits per heavy atom. The smallest absolute Gasteiger partial charge is 0.320 e. The second-order valence-electron chi connectivity index (χ2n) is 3.89. The van der Waals surface area contributed by atoms with Crippen LogP contribution in [-0.4, -0.2) is 22.9 Å². The van der Waals surface area contributed by atoms with E-state index >= 15 is 0 Å². The first-order chi connectivity index (χ1) is 7.41. The highest BCUT2D eigenvalue weighted by atomic mass is 16.4. The van der Waals surface area contributed by atoms with E-state index in [1.165, 1.54) is 0 Å². The van der Waals surface area contributed by atoms with Crippen molar-refractivity contribution in [1.82, 2.24) is 0 Å². The Morgan fingerprint density at radius 1 is 1.38 bits per heavy atom. The number of ketones is 1. The van der Waals surface area contributed by atoms with Crippen LogP contribution in [0.3, 0.4) is 0 Å².